The lowest BCUT2D eigenvalue weighted by molar-refractivity contribution is -0.130. The number of amides is 2. The van der Waals surface area contributed by atoms with Gasteiger partial charge in [0.2, 0.25) is 5.91 Å². The molecule has 2 amide bonds. The van der Waals surface area contributed by atoms with Crippen LogP contribution in [0, 0.1) is 5.82 Å². The summed E-state index contributed by atoms with van der Waals surface area (Å²) >= 11 is 5.62. The lowest BCUT2D eigenvalue weighted by atomic mass is 10.1. The molecule has 0 aromatic heterocycles. The van der Waals surface area contributed by atoms with Crippen molar-refractivity contribution in [2.75, 3.05) is 12.4 Å². The lowest BCUT2D eigenvalue weighted by Gasteiger charge is -2.19. The molecule has 7 heteroatoms. The van der Waals surface area contributed by atoms with Crippen LogP contribution in [-0.2, 0) is 9.59 Å². The summed E-state index contributed by atoms with van der Waals surface area (Å²) < 4.78 is 13.5. The maximum atomic E-state index is 13.5. The number of nitrogens with zero attached hydrogens (tertiary/aromatic N) is 2. The van der Waals surface area contributed by atoms with Crippen molar-refractivity contribution in [3.05, 3.63) is 29.0 Å². The molecule has 0 saturated carbocycles. The van der Waals surface area contributed by atoms with Crippen molar-refractivity contribution >= 4 is 34.8 Å². The van der Waals surface area contributed by atoms with E-state index in [-0.39, 0.29) is 35.2 Å². The fraction of sp³-hybridized carbons (Fsp3) is 0.250. The summed E-state index contributed by atoms with van der Waals surface area (Å²) in [6.07, 6.45) is 0.454. The average molecular weight is 284 g/mol. The Bertz CT molecular complexity index is 574. The van der Waals surface area contributed by atoms with E-state index in [1.807, 2.05) is 0 Å². The molecule has 1 N–H and O–H groups in total. The highest BCUT2D eigenvalue weighted by atomic mass is 35.5. The zero-order valence-electron chi connectivity index (χ0n) is 10.1. The molecule has 100 valence electrons. The van der Waals surface area contributed by atoms with Gasteiger partial charge in [-0.2, -0.15) is 5.10 Å². The summed E-state index contributed by atoms with van der Waals surface area (Å²) in [5.74, 6) is -1.31. The number of benzene rings is 1. The van der Waals surface area contributed by atoms with Crippen molar-refractivity contribution in [1.29, 1.82) is 0 Å². The van der Waals surface area contributed by atoms with Gasteiger partial charge in [0.05, 0.1) is 5.69 Å². The SMILES string of the molecule is CN1N=C(C(=O)Nc2ccc(Cl)cc2F)CCC1=O. The number of rotatable bonds is 2. The first-order chi connectivity index (χ1) is 8.97. The van der Waals surface area contributed by atoms with E-state index < -0.39 is 11.7 Å². The Morgan fingerprint density at radius 1 is 1.47 bits per heavy atom. The van der Waals surface area contributed by atoms with Crippen LogP contribution >= 0.6 is 11.6 Å². The van der Waals surface area contributed by atoms with E-state index in [0.29, 0.717) is 0 Å². The van der Waals surface area contributed by atoms with Crippen LogP contribution in [0.5, 0.6) is 0 Å². The highest BCUT2D eigenvalue weighted by Gasteiger charge is 2.22. The minimum absolute atomic E-state index is 0.0247. The molecule has 0 saturated heterocycles. The average Bonchev–Trinajstić information content (AvgIpc) is 2.36. The topological polar surface area (TPSA) is 61.8 Å². The standard InChI is InChI=1S/C12H11ClFN3O2/c1-17-11(18)5-4-10(16-17)12(19)15-9-3-2-7(13)6-8(9)14/h2-3,6H,4-5H2,1H3,(H,15,19). The van der Waals surface area contributed by atoms with Gasteiger partial charge in [0, 0.05) is 24.9 Å². The predicted octanol–water partition coefficient (Wildman–Crippen LogP) is 2.03. The van der Waals surface area contributed by atoms with E-state index >= 15 is 0 Å². The molecule has 0 radical (unpaired) electrons. The van der Waals surface area contributed by atoms with E-state index in [1.165, 1.54) is 19.2 Å². The van der Waals surface area contributed by atoms with Gasteiger partial charge in [-0.05, 0) is 18.2 Å². The van der Waals surface area contributed by atoms with E-state index in [9.17, 15) is 14.0 Å². The summed E-state index contributed by atoms with van der Waals surface area (Å²) in [6.45, 7) is 0. The second-order valence-electron chi connectivity index (χ2n) is 4.04. The van der Waals surface area contributed by atoms with E-state index in [0.717, 1.165) is 11.1 Å². The van der Waals surface area contributed by atoms with Gasteiger partial charge in [0.15, 0.2) is 0 Å². The zero-order chi connectivity index (χ0) is 14.0. The molecule has 0 aliphatic carbocycles. The zero-order valence-corrected chi connectivity index (χ0v) is 10.9. The molecule has 1 heterocycles. The number of carbonyl (C=O) groups is 2. The van der Waals surface area contributed by atoms with Crippen molar-refractivity contribution in [2.45, 2.75) is 12.8 Å². The molecule has 0 atom stereocenters. The maximum Gasteiger partial charge on any atom is 0.271 e. The van der Waals surface area contributed by atoms with Crippen molar-refractivity contribution in [1.82, 2.24) is 5.01 Å². The van der Waals surface area contributed by atoms with E-state index in [2.05, 4.69) is 10.4 Å². The number of hydrogen-bond acceptors (Lipinski definition) is 3. The van der Waals surface area contributed by atoms with Crippen LogP contribution in [0.3, 0.4) is 0 Å². The smallest absolute Gasteiger partial charge is 0.271 e. The van der Waals surface area contributed by atoms with Gasteiger partial charge in [-0.15, -0.1) is 0 Å². The molecule has 19 heavy (non-hydrogen) atoms. The van der Waals surface area contributed by atoms with Gasteiger partial charge in [-0.1, -0.05) is 11.6 Å². The largest absolute Gasteiger partial charge is 0.318 e. The molecule has 0 spiro atoms. The fourth-order valence-corrected chi connectivity index (χ4v) is 1.78. The third-order valence-electron chi connectivity index (χ3n) is 2.65. The number of halogens is 2. The maximum absolute atomic E-state index is 13.5. The van der Waals surface area contributed by atoms with E-state index in [1.54, 1.807) is 0 Å². The van der Waals surface area contributed by atoms with Crippen LogP contribution in [0.4, 0.5) is 10.1 Å². The monoisotopic (exact) mass is 283 g/mol. The predicted molar refractivity (Wildman–Crippen MR) is 69.5 cm³/mol. The molecular weight excluding hydrogens is 273 g/mol. The molecule has 0 fully saturated rings. The second-order valence-corrected chi connectivity index (χ2v) is 4.48. The molecule has 0 bridgehead atoms. The van der Waals surface area contributed by atoms with Crippen molar-refractivity contribution in [2.24, 2.45) is 5.10 Å². The minimum Gasteiger partial charge on any atom is -0.318 e. The molecule has 1 aliphatic heterocycles. The summed E-state index contributed by atoms with van der Waals surface area (Å²) in [6, 6.07) is 3.95. The van der Waals surface area contributed by atoms with Gasteiger partial charge in [-0.25, -0.2) is 9.40 Å². The third-order valence-corrected chi connectivity index (χ3v) is 2.88. The van der Waals surface area contributed by atoms with Crippen molar-refractivity contribution in [3.8, 4) is 0 Å². The molecule has 1 aromatic carbocycles. The number of anilines is 1. The number of carbonyl (C=O) groups excluding carboxylic acids is 2. The first-order valence-electron chi connectivity index (χ1n) is 5.58. The fourth-order valence-electron chi connectivity index (χ4n) is 1.62. The number of nitrogens with one attached hydrogen (secondary N) is 1. The normalized spacial score (nSPS) is 15.2. The summed E-state index contributed by atoms with van der Waals surface area (Å²) in [5, 5.41) is 7.60. The Kier molecular flexibility index (Phi) is 3.80. The van der Waals surface area contributed by atoms with Gasteiger partial charge in [-0.3, -0.25) is 9.59 Å². The Labute approximate surface area is 114 Å². The number of hydrogen-bond donors (Lipinski definition) is 1. The van der Waals surface area contributed by atoms with Crippen LogP contribution < -0.4 is 5.32 Å². The molecule has 5 nitrogen and oxygen atoms in total. The molecular formula is C12H11ClFN3O2. The van der Waals surface area contributed by atoms with Crippen molar-refractivity contribution < 1.29 is 14.0 Å². The van der Waals surface area contributed by atoms with Crippen LogP contribution in [0.15, 0.2) is 23.3 Å². The third kappa shape index (κ3) is 3.08. The van der Waals surface area contributed by atoms with Gasteiger partial charge in [0.1, 0.15) is 11.5 Å². The summed E-state index contributed by atoms with van der Waals surface area (Å²) in [4.78, 5) is 23.1. The highest BCUT2D eigenvalue weighted by Crippen LogP contribution is 2.19. The summed E-state index contributed by atoms with van der Waals surface area (Å²) in [5.41, 5.74) is 0.216. The van der Waals surface area contributed by atoms with E-state index in [4.69, 9.17) is 11.6 Å². The first-order valence-corrected chi connectivity index (χ1v) is 5.95. The Morgan fingerprint density at radius 3 is 2.84 bits per heavy atom. The van der Waals surface area contributed by atoms with Crippen LogP contribution in [-0.4, -0.2) is 29.6 Å². The lowest BCUT2D eigenvalue weighted by Crippen LogP contribution is -2.34. The first kappa shape index (κ1) is 13.5. The molecule has 2 rings (SSSR count). The van der Waals surface area contributed by atoms with Crippen LogP contribution in [0.25, 0.3) is 0 Å². The highest BCUT2D eigenvalue weighted by molar-refractivity contribution is 6.43. The Balaban J connectivity index is 2.13. The molecule has 1 aliphatic rings. The van der Waals surface area contributed by atoms with Crippen LogP contribution in [0.2, 0.25) is 5.02 Å². The molecule has 1 aromatic rings. The minimum atomic E-state index is -0.623. The van der Waals surface area contributed by atoms with Gasteiger partial charge in [0.25, 0.3) is 5.91 Å². The number of hydrazone groups is 1. The second kappa shape index (κ2) is 5.36. The molecule has 0 unspecified atom stereocenters. The van der Waals surface area contributed by atoms with Crippen molar-refractivity contribution in [3.63, 3.8) is 0 Å². The quantitative estimate of drug-likeness (QED) is 0.903. The Hall–Kier alpha value is -1.95. The summed E-state index contributed by atoms with van der Waals surface area (Å²) in [7, 11) is 1.47. The Morgan fingerprint density at radius 2 is 2.21 bits per heavy atom. The van der Waals surface area contributed by atoms with Gasteiger partial charge < -0.3 is 5.32 Å². The van der Waals surface area contributed by atoms with Crippen LogP contribution in [0.1, 0.15) is 12.8 Å². The van der Waals surface area contributed by atoms with Gasteiger partial charge >= 0.3 is 0 Å².